The van der Waals surface area contributed by atoms with Crippen molar-refractivity contribution in [2.24, 2.45) is 4.99 Å². The quantitative estimate of drug-likeness (QED) is 0.168. The van der Waals surface area contributed by atoms with Gasteiger partial charge in [0.15, 0.2) is 0 Å². The Bertz CT molecular complexity index is 1590. The molecular weight excluding hydrogens is 504 g/mol. The van der Waals surface area contributed by atoms with Crippen LogP contribution in [0.15, 0.2) is 35.3 Å². The van der Waals surface area contributed by atoms with E-state index in [-0.39, 0.29) is 34.8 Å². The lowest BCUT2D eigenvalue weighted by Gasteiger charge is -2.30. The third kappa shape index (κ3) is 4.24. The molecule has 1 aliphatic rings. The Morgan fingerprint density at radius 2 is 1.38 bits per heavy atom. The van der Waals surface area contributed by atoms with Crippen LogP contribution in [0.2, 0.25) is 0 Å². The zero-order valence-corrected chi connectivity index (χ0v) is 24.2. The van der Waals surface area contributed by atoms with E-state index in [0.29, 0.717) is 45.6 Å². The van der Waals surface area contributed by atoms with E-state index in [1.165, 1.54) is 0 Å². The number of phenols is 4. The van der Waals surface area contributed by atoms with E-state index in [9.17, 15) is 20.4 Å². The normalized spacial score (nSPS) is 13.4. The van der Waals surface area contributed by atoms with E-state index in [0.717, 1.165) is 34.3 Å². The lowest BCUT2D eigenvalue weighted by atomic mass is 9.76. The summed E-state index contributed by atoms with van der Waals surface area (Å²) in [6.45, 7) is 11.9. The number of ether oxygens (including phenoxy) is 1. The number of hydrogen-bond donors (Lipinski definition) is 5. The number of aliphatic imine (C=N–C) groups is 1. The summed E-state index contributed by atoms with van der Waals surface area (Å²) in [7, 11) is 1.63. The summed E-state index contributed by atoms with van der Waals surface area (Å²) in [5, 5.41) is 46.7. The topological polar surface area (TPSA) is 118 Å². The Morgan fingerprint density at radius 1 is 0.825 bits per heavy atom. The fraction of sp³-hybridized carbons (Fsp3) is 0.364. The maximum atomic E-state index is 11.8. The van der Waals surface area contributed by atoms with Crippen molar-refractivity contribution in [2.75, 3.05) is 13.7 Å². The van der Waals surface area contributed by atoms with E-state index < -0.39 is 5.92 Å². The number of methoxy groups -OCH3 is 1. The highest BCUT2D eigenvalue weighted by Crippen LogP contribution is 2.50. The van der Waals surface area contributed by atoms with Crippen LogP contribution in [0, 0.1) is 13.8 Å². The fourth-order valence-electron chi connectivity index (χ4n) is 6.04. The molecule has 0 saturated heterocycles. The second-order valence-corrected chi connectivity index (χ2v) is 11.4. The van der Waals surface area contributed by atoms with Crippen LogP contribution in [0.5, 0.6) is 28.7 Å². The lowest BCUT2D eigenvalue weighted by molar-refractivity contribution is 0.415. The number of fused-ring (bicyclic) bond motifs is 3. The monoisotopic (exact) mass is 542 g/mol. The summed E-state index contributed by atoms with van der Waals surface area (Å²) < 4.78 is 5.46. The van der Waals surface area contributed by atoms with Crippen molar-refractivity contribution in [3.8, 4) is 28.7 Å². The van der Waals surface area contributed by atoms with Gasteiger partial charge in [0, 0.05) is 45.8 Å². The van der Waals surface area contributed by atoms with Gasteiger partial charge >= 0.3 is 0 Å². The van der Waals surface area contributed by atoms with Crippen molar-refractivity contribution in [3.63, 3.8) is 0 Å². The fourth-order valence-corrected chi connectivity index (χ4v) is 6.04. The number of H-pyrrole nitrogens is 1. The number of phenolic OH excluding ortho intramolecular Hbond substituents is 4. The molecule has 0 amide bonds. The number of aromatic hydroxyl groups is 4. The first-order chi connectivity index (χ1) is 19.0. The third-order valence-corrected chi connectivity index (χ3v) is 8.33. The Morgan fingerprint density at radius 3 is 1.88 bits per heavy atom. The van der Waals surface area contributed by atoms with Crippen LogP contribution < -0.4 is 4.74 Å². The predicted molar refractivity (Wildman–Crippen MR) is 159 cm³/mol. The Labute approximate surface area is 234 Å². The van der Waals surface area contributed by atoms with Gasteiger partial charge in [-0.1, -0.05) is 27.7 Å². The first kappa shape index (κ1) is 27.4. The van der Waals surface area contributed by atoms with Crippen LogP contribution in [0.3, 0.4) is 0 Å². The van der Waals surface area contributed by atoms with Crippen molar-refractivity contribution >= 4 is 16.6 Å². The highest BCUT2D eigenvalue weighted by Gasteiger charge is 2.37. The molecule has 0 fully saturated rings. The molecule has 0 saturated carbocycles. The first-order valence-corrected chi connectivity index (χ1v) is 13.8. The van der Waals surface area contributed by atoms with Crippen LogP contribution in [0.4, 0.5) is 0 Å². The SMILES string of the molecule is COc1ccc2c3c([nH]c2c1)C(C(c1c(C)c(O)cc(C(C)C)c1O)c1c(C)c(O)cc(C(C)C)c1O)=NCC3. The van der Waals surface area contributed by atoms with Gasteiger partial charge in [-0.05, 0) is 73.1 Å². The highest BCUT2D eigenvalue weighted by atomic mass is 16.5. The summed E-state index contributed by atoms with van der Waals surface area (Å²) in [5.41, 5.74) is 6.54. The number of rotatable bonds is 6. The predicted octanol–water partition coefficient (Wildman–Crippen LogP) is 7.04. The summed E-state index contributed by atoms with van der Waals surface area (Å²) in [6, 6.07) is 9.12. The molecule has 40 heavy (non-hydrogen) atoms. The number of aromatic amines is 1. The van der Waals surface area contributed by atoms with Gasteiger partial charge in [0.2, 0.25) is 0 Å². The third-order valence-electron chi connectivity index (χ3n) is 8.33. The molecule has 5 N–H and O–H groups in total. The van der Waals surface area contributed by atoms with E-state index in [1.54, 1.807) is 33.1 Å². The molecule has 210 valence electrons. The molecule has 5 rings (SSSR count). The molecule has 0 bridgehead atoms. The molecule has 4 aromatic rings. The smallest absolute Gasteiger partial charge is 0.123 e. The molecule has 0 aliphatic carbocycles. The molecule has 7 heteroatoms. The maximum absolute atomic E-state index is 11.8. The Hall–Kier alpha value is -4.13. The molecule has 0 atom stereocenters. The summed E-state index contributed by atoms with van der Waals surface area (Å²) in [6.07, 6.45) is 0.725. The first-order valence-electron chi connectivity index (χ1n) is 13.8. The maximum Gasteiger partial charge on any atom is 0.123 e. The zero-order chi connectivity index (χ0) is 29.0. The minimum absolute atomic E-state index is 0.0520. The van der Waals surface area contributed by atoms with Crippen molar-refractivity contribution in [1.82, 2.24) is 4.98 Å². The number of hydrogen-bond acceptors (Lipinski definition) is 6. The van der Waals surface area contributed by atoms with Gasteiger partial charge < -0.3 is 30.1 Å². The van der Waals surface area contributed by atoms with Crippen molar-refractivity contribution < 1.29 is 25.2 Å². The van der Waals surface area contributed by atoms with Crippen LogP contribution in [-0.2, 0) is 6.42 Å². The van der Waals surface area contributed by atoms with Gasteiger partial charge in [-0.2, -0.15) is 0 Å². The van der Waals surface area contributed by atoms with E-state index in [4.69, 9.17) is 9.73 Å². The second kappa shape index (κ2) is 10.1. The van der Waals surface area contributed by atoms with E-state index >= 15 is 0 Å². The molecule has 0 spiro atoms. The second-order valence-electron chi connectivity index (χ2n) is 11.4. The molecule has 0 unspecified atom stereocenters. The van der Waals surface area contributed by atoms with Gasteiger partial charge in [-0.3, -0.25) is 4.99 Å². The van der Waals surface area contributed by atoms with E-state index in [1.807, 2.05) is 45.9 Å². The standard InChI is InChI=1S/C33H38N2O5/c1-15(2)22-13-25(36)17(5)27(32(22)38)29(28-18(6)26(37)14-23(16(3)4)33(28)39)31-30-21(10-11-34-31)20-9-8-19(40-7)12-24(20)35-30/h8-9,12-16,29,35-39H,10-11H2,1-7H3. The minimum Gasteiger partial charge on any atom is -0.508 e. The average molecular weight is 543 g/mol. The van der Waals surface area contributed by atoms with Crippen molar-refractivity contribution in [3.05, 3.63) is 75.0 Å². The number of benzene rings is 3. The Kier molecular flexibility index (Phi) is 6.94. The molecule has 7 nitrogen and oxygen atoms in total. The van der Waals surface area contributed by atoms with Gasteiger partial charge in [0.1, 0.15) is 28.7 Å². The van der Waals surface area contributed by atoms with Gasteiger partial charge in [0.05, 0.1) is 24.4 Å². The molecular formula is C33H38N2O5. The summed E-state index contributed by atoms with van der Waals surface area (Å²) in [4.78, 5) is 8.55. The van der Waals surface area contributed by atoms with E-state index in [2.05, 4.69) is 4.98 Å². The zero-order valence-electron chi connectivity index (χ0n) is 24.2. The Balaban J connectivity index is 1.90. The summed E-state index contributed by atoms with van der Waals surface area (Å²) in [5.74, 6) is 0.0327. The van der Waals surface area contributed by atoms with Crippen molar-refractivity contribution in [1.29, 1.82) is 0 Å². The van der Waals surface area contributed by atoms with Gasteiger partial charge in [-0.15, -0.1) is 0 Å². The molecule has 3 aromatic carbocycles. The molecule has 1 aromatic heterocycles. The number of aromatic nitrogens is 1. The highest BCUT2D eigenvalue weighted by molar-refractivity contribution is 6.12. The van der Waals surface area contributed by atoms with Gasteiger partial charge in [0.25, 0.3) is 0 Å². The molecule has 1 aliphatic heterocycles. The van der Waals surface area contributed by atoms with Crippen LogP contribution in [0.25, 0.3) is 10.9 Å². The van der Waals surface area contributed by atoms with Crippen LogP contribution in [-0.4, -0.2) is 44.8 Å². The van der Waals surface area contributed by atoms with Crippen LogP contribution >= 0.6 is 0 Å². The minimum atomic E-state index is -0.775. The number of nitrogens with zero attached hydrogens (tertiary/aromatic N) is 1. The number of nitrogens with one attached hydrogen (secondary N) is 1. The summed E-state index contributed by atoms with van der Waals surface area (Å²) >= 11 is 0. The lowest BCUT2D eigenvalue weighted by Crippen LogP contribution is -2.24. The average Bonchev–Trinajstić information content (AvgIpc) is 3.29. The van der Waals surface area contributed by atoms with Crippen LogP contribution in [0.1, 0.15) is 90.1 Å². The molecule has 0 radical (unpaired) electrons. The largest absolute Gasteiger partial charge is 0.508 e. The van der Waals surface area contributed by atoms with Gasteiger partial charge in [-0.25, -0.2) is 0 Å². The van der Waals surface area contributed by atoms with Crippen molar-refractivity contribution in [2.45, 2.75) is 65.7 Å². The molecule has 2 heterocycles.